The number of amides is 1. The largest absolute Gasteiger partial charge is 0.394 e. The van der Waals surface area contributed by atoms with Crippen LogP contribution in [-0.2, 0) is 24.4 Å². The van der Waals surface area contributed by atoms with E-state index in [0.717, 1.165) is 16.7 Å². The summed E-state index contributed by atoms with van der Waals surface area (Å²) in [4.78, 5) is 14.9. The molecule has 0 spiro atoms. The number of nitrogens with one attached hydrogen (secondary N) is 1. The molecule has 1 atom stereocenters. The monoisotopic (exact) mass is 374 g/mol. The third-order valence-electron chi connectivity index (χ3n) is 4.68. The fraction of sp³-hybridized carbons (Fsp3) is 0.208. The second kappa shape index (κ2) is 10.4. The van der Waals surface area contributed by atoms with Gasteiger partial charge < -0.3 is 10.4 Å². The Labute approximate surface area is 166 Å². The Kier molecular flexibility index (Phi) is 7.36. The highest BCUT2D eigenvalue weighted by atomic mass is 16.3. The molecule has 28 heavy (non-hydrogen) atoms. The van der Waals surface area contributed by atoms with Crippen LogP contribution in [0.3, 0.4) is 0 Å². The minimum atomic E-state index is -0.621. The van der Waals surface area contributed by atoms with Crippen LogP contribution in [-0.4, -0.2) is 28.6 Å². The van der Waals surface area contributed by atoms with E-state index in [1.165, 1.54) is 0 Å². The van der Waals surface area contributed by atoms with Crippen molar-refractivity contribution in [3.63, 3.8) is 0 Å². The van der Waals surface area contributed by atoms with Crippen molar-refractivity contribution >= 4 is 5.91 Å². The van der Waals surface area contributed by atoms with E-state index in [4.69, 9.17) is 0 Å². The molecule has 3 aromatic rings. The van der Waals surface area contributed by atoms with E-state index in [9.17, 15) is 9.90 Å². The topological polar surface area (TPSA) is 52.6 Å². The molecule has 0 heterocycles. The maximum atomic E-state index is 12.9. The lowest BCUT2D eigenvalue weighted by Crippen LogP contribution is -2.48. The number of carbonyl (C=O) groups excluding carboxylic acids is 1. The van der Waals surface area contributed by atoms with E-state index >= 15 is 0 Å². The highest BCUT2D eigenvalue weighted by molar-refractivity contribution is 5.81. The van der Waals surface area contributed by atoms with Crippen molar-refractivity contribution in [3.05, 3.63) is 108 Å². The van der Waals surface area contributed by atoms with Gasteiger partial charge in [0.15, 0.2) is 0 Å². The van der Waals surface area contributed by atoms with Crippen LogP contribution in [0.5, 0.6) is 0 Å². The molecule has 0 aliphatic heterocycles. The smallest absolute Gasteiger partial charge is 0.240 e. The zero-order chi connectivity index (χ0) is 19.6. The van der Waals surface area contributed by atoms with Crippen molar-refractivity contribution in [3.8, 4) is 0 Å². The predicted octanol–water partition coefficient (Wildman–Crippen LogP) is 3.37. The first kappa shape index (κ1) is 19.8. The molecule has 0 radical (unpaired) electrons. The van der Waals surface area contributed by atoms with Crippen molar-refractivity contribution in [1.29, 1.82) is 0 Å². The van der Waals surface area contributed by atoms with Crippen LogP contribution in [0.2, 0.25) is 0 Å². The predicted molar refractivity (Wildman–Crippen MR) is 111 cm³/mol. The third kappa shape index (κ3) is 5.78. The summed E-state index contributed by atoms with van der Waals surface area (Å²) in [5.41, 5.74) is 3.24. The number of aliphatic hydroxyl groups excluding tert-OH is 1. The molecule has 1 unspecified atom stereocenters. The fourth-order valence-corrected chi connectivity index (χ4v) is 3.18. The average molecular weight is 374 g/mol. The molecule has 0 aliphatic carbocycles. The van der Waals surface area contributed by atoms with Gasteiger partial charge in [0, 0.05) is 19.6 Å². The Balaban J connectivity index is 1.74. The number of nitrogens with zero attached hydrogens (tertiary/aromatic N) is 1. The number of rotatable bonds is 9. The van der Waals surface area contributed by atoms with E-state index in [0.29, 0.717) is 19.6 Å². The molecule has 0 saturated carbocycles. The summed E-state index contributed by atoms with van der Waals surface area (Å²) in [7, 11) is 0. The highest BCUT2D eigenvalue weighted by Gasteiger charge is 2.25. The summed E-state index contributed by atoms with van der Waals surface area (Å²) in [6.45, 7) is 1.38. The second-order valence-corrected chi connectivity index (χ2v) is 6.78. The summed E-state index contributed by atoms with van der Waals surface area (Å²) < 4.78 is 0. The molecule has 2 N–H and O–H groups in total. The Hall–Kier alpha value is -2.95. The molecule has 3 aromatic carbocycles. The van der Waals surface area contributed by atoms with E-state index in [1.54, 1.807) is 0 Å². The lowest BCUT2D eigenvalue weighted by Gasteiger charge is -2.30. The summed E-state index contributed by atoms with van der Waals surface area (Å²) in [6.07, 6.45) is 0. The molecule has 0 fully saturated rings. The average Bonchev–Trinajstić information content (AvgIpc) is 2.75. The van der Waals surface area contributed by atoms with E-state index < -0.39 is 6.04 Å². The molecule has 1 amide bonds. The molecule has 4 heteroatoms. The Morgan fingerprint density at radius 2 is 1.18 bits per heavy atom. The number of aliphatic hydroxyl groups is 1. The molecule has 0 bridgehead atoms. The van der Waals surface area contributed by atoms with Crippen molar-refractivity contribution < 1.29 is 9.90 Å². The van der Waals surface area contributed by atoms with Crippen LogP contribution in [0.15, 0.2) is 91.0 Å². The number of hydrogen-bond donors (Lipinski definition) is 2. The molecule has 0 saturated heterocycles. The maximum Gasteiger partial charge on any atom is 0.240 e. The number of hydrogen-bond acceptors (Lipinski definition) is 3. The van der Waals surface area contributed by atoms with Gasteiger partial charge in [-0.15, -0.1) is 0 Å². The van der Waals surface area contributed by atoms with Crippen LogP contribution < -0.4 is 5.32 Å². The van der Waals surface area contributed by atoms with Gasteiger partial charge in [-0.3, -0.25) is 9.69 Å². The normalized spacial score (nSPS) is 11.9. The van der Waals surface area contributed by atoms with Gasteiger partial charge in [-0.2, -0.15) is 0 Å². The maximum absolute atomic E-state index is 12.9. The minimum Gasteiger partial charge on any atom is -0.394 e. The Morgan fingerprint density at radius 3 is 1.61 bits per heavy atom. The SMILES string of the molecule is O=C(NCc1ccccc1)C(CO)N(Cc1ccccc1)Cc1ccccc1. The fourth-order valence-electron chi connectivity index (χ4n) is 3.18. The van der Waals surface area contributed by atoms with Crippen LogP contribution in [0.25, 0.3) is 0 Å². The van der Waals surface area contributed by atoms with Gasteiger partial charge in [0.25, 0.3) is 0 Å². The zero-order valence-electron chi connectivity index (χ0n) is 15.9. The van der Waals surface area contributed by atoms with Crippen LogP contribution in [0, 0.1) is 0 Å². The van der Waals surface area contributed by atoms with Crippen molar-refractivity contribution in [2.45, 2.75) is 25.7 Å². The lowest BCUT2D eigenvalue weighted by atomic mass is 10.1. The van der Waals surface area contributed by atoms with Gasteiger partial charge in [-0.05, 0) is 16.7 Å². The number of benzene rings is 3. The lowest BCUT2D eigenvalue weighted by molar-refractivity contribution is -0.128. The second-order valence-electron chi connectivity index (χ2n) is 6.78. The first-order valence-corrected chi connectivity index (χ1v) is 9.50. The van der Waals surface area contributed by atoms with Gasteiger partial charge in [0.05, 0.1) is 6.61 Å². The van der Waals surface area contributed by atoms with Gasteiger partial charge in [0.2, 0.25) is 5.91 Å². The summed E-state index contributed by atoms with van der Waals surface area (Å²) in [5.74, 6) is -0.168. The Bertz CT molecular complexity index is 797. The third-order valence-corrected chi connectivity index (χ3v) is 4.68. The first-order valence-electron chi connectivity index (χ1n) is 9.50. The highest BCUT2D eigenvalue weighted by Crippen LogP contribution is 2.14. The minimum absolute atomic E-state index is 0.168. The van der Waals surface area contributed by atoms with Gasteiger partial charge in [-0.1, -0.05) is 91.0 Å². The molecule has 144 valence electrons. The van der Waals surface area contributed by atoms with Crippen molar-refractivity contribution in [2.75, 3.05) is 6.61 Å². The molecule has 4 nitrogen and oxygen atoms in total. The van der Waals surface area contributed by atoms with E-state index in [-0.39, 0.29) is 12.5 Å². The summed E-state index contributed by atoms with van der Waals surface area (Å²) >= 11 is 0. The van der Waals surface area contributed by atoms with E-state index in [2.05, 4.69) is 5.32 Å². The molecule has 0 aromatic heterocycles. The van der Waals surface area contributed by atoms with Crippen LogP contribution >= 0.6 is 0 Å². The Morgan fingerprint density at radius 1 is 0.750 bits per heavy atom. The van der Waals surface area contributed by atoms with E-state index in [1.807, 2.05) is 95.9 Å². The quantitative estimate of drug-likeness (QED) is 0.604. The summed E-state index contributed by atoms with van der Waals surface area (Å²) in [5, 5.41) is 13.0. The first-order chi connectivity index (χ1) is 13.8. The molecular weight excluding hydrogens is 348 g/mol. The van der Waals surface area contributed by atoms with Gasteiger partial charge >= 0.3 is 0 Å². The number of carbonyl (C=O) groups is 1. The molecular formula is C24H26N2O2. The standard InChI is InChI=1S/C24H26N2O2/c27-19-23(24(28)25-16-20-10-4-1-5-11-20)26(17-21-12-6-2-7-13-21)18-22-14-8-3-9-15-22/h1-15,23,27H,16-19H2,(H,25,28). The molecule has 0 aliphatic rings. The van der Waals surface area contributed by atoms with Gasteiger partial charge in [0.1, 0.15) is 6.04 Å². The van der Waals surface area contributed by atoms with Crippen molar-refractivity contribution in [2.24, 2.45) is 0 Å². The molecule has 3 rings (SSSR count). The van der Waals surface area contributed by atoms with Crippen LogP contribution in [0.1, 0.15) is 16.7 Å². The summed E-state index contributed by atoms with van der Waals surface area (Å²) in [6, 6.07) is 29.2. The van der Waals surface area contributed by atoms with Crippen molar-refractivity contribution in [1.82, 2.24) is 10.2 Å². The van der Waals surface area contributed by atoms with Gasteiger partial charge in [-0.25, -0.2) is 0 Å². The zero-order valence-corrected chi connectivity index (χ0v) is 15.9. The van der Waals surface area contributed by atoms with Crippen LogP contribution in [0.4, 0.5) is 0 Å².